The Labute approximate surface area is 106 Å². The lowest BCUT2D eigenvalue weighted by atomic mass is 10.6. The van der Waals surface area contributed by atoms with Crippen LogP contribution in [0.3, 0.4) is 0 Å². The van der Waals surface area contributed by atoms with Gasteiger partial charge in [0.1, 0.15) is 0 Å². The van der Waals surface area contributed by atoms with Gasteiger partial charge < -0.3 is 0 Å². The largest absolute Gasteiger partial charge is 0.362 e. The standard InChI is InChI=1S/C11H9N3O5/c1-4-7(15)12-10(18)13(8(16)5-2)14(11(12)19)9(17)6-3/h4-6H,1-3H2. The second-order valence-corrected chi connectivity index (χ2v) is 3.15. The summed E-state index contributed by atoms with van der Waals surface area (Å²) in [6, 6.07) is 0. The number of rotatable bonds is 3. The first-order chi connectivity index (χ1) is 8.90. The van der Waals surface area contributed by atoms with Gasteiger partial charge in [0.05, 0.1) is 0 Å². The van der Waals surface area contributed by atoms with Crippen molar-refractivity contribution in [3.63, 3.8) is 0 Å². The maximum Gasteiger partial charge on any atom is 0.362 e. The zero-order valence-corrected chi connectivity index (χ0v) is 9.74. The molecule has 0 saturated carbocycles. The van der Waals surface area contributed by atoms with E-state index in [1.165, 1.54) is 0 Å². The van der Waals surface area contributed by atoms with E-state index in [1.54, 1.807) is 0 Å². The molecule has 0 radical (unpaired) electrons. The summed E-state index contributed by atoms with van der Waals surface area (Å²) in [4.78, 5) is 58.0. The molecule has 1 heterocycles. The maximum absolute atomic E-state index is 11.8. The van der Waals surface area contributed by atoms with Crippen molar-refractivity contribution in [3.05, 3.63) is 58.9 Å². The number of nitrogens with zero attached hydrogens (tertiary/aromatic N) is 3. The molecule has 1 aromatic heterocycles. The topological polar surface area (TPSA) is 100 Å². The van der Waals surface area contributed by atoms with E-state index in [9.17, 15) is 24.0 Å². The van der Waals surface area contributed by atoms with Gasteiger partial charge in [0.25, 0.3) is 17.7 Å². The number of hydrogen-bond acceptors (Lipinski definition) is 5. The summed E-state index contributed by atoms with van der Waals surface area (Å²) in [5.41, 5.74) is -2.56. The van der Waals surface area contributed by atoms with Gasteiger partial charge >= 0.3 is 11.4 Å². The Morgan fingerprint density at radius 2 is 1.05 bits per heavy atom. The van der Waals surface area contributed by atoms with Crippen molar-refractivity contribution >= 4 is 17.7 Å². The summed E-state index contributed by atoms with van der Waals surface area (Å²) in [6.07, 6.45) is 2.14. The highest BCUT2D eigenvalue weighted by Crippen LogP contribution is 1.87. The molecule has 8 heteroatoms. The van der Waals surface area contributed by atoms with Crippen LogP contribution in [0.15, 0.2) is 47.6 Å². The number of aromatic nitrogens is 3. The highest BCUT2D eigenvalue weighted by molar-refractivity contribution is 5.95. The van der Waals surface area contributed by atoms with Crippen molar-refractivity contribution in [1.82, 2.24) is 13.9 Å². The summed E-state index contributed by atoms with van der Waals surface area (Å²) >= 11 is 0. The minimum absolute atomic E-state index is 0.107. The van der Waals surface area contributed by atoms with Gasteiger partial charge in [0, 0.05) is 0 Å². The average Bonchev–Trinajstić information content (AvgIpc) is 2.67. The summed E-state index contributed by atoms with van der Waals surface area (Å²) in [7, 11) is 0. The summed E-state index contributed by atoms with van der Waals surface area (Å²) in [5.74, 6) is -3.13. The molecule has 0 aliphatic carbocycles. The second kappa shape index (κ2) is 5.08. The maximum atomic E-state index is 11.8. The Balaban J connectivity index is 3.91. The highest BCUT2D eigenvalue weighted by Gasteiger charge is 2.25. The van der Waals surface area contributed by atoms with E-state index in [0.29, 0.717) is 6.08 Å². The van der Waals surface area contributed by atoms with Crippen molar-refractivity contribution in [1.29, 1.82) is 0 Å². The van der Waals surface area contributed by atoms with Crippen molar-refractivity contribution < 1.29 is 14.4 Å². The average molecular weight is 263 g/mol. The van der Waals surface area contributed by atoms with E-state index in [4.69, 9.17) is 0 Å². The van der Waals surface area contributed by atoms with Gasteiger partial charge in [-0.1, -0.05) is 19.7 Å². The minimum Gasteiger partial charge on any atom is -0.269 e. The zero-order chi connectivity index (χ0) is 14.7. The number of hydrogen-bond donors (Lipinski definition) is 0. The van der Waals surface area contributed by atoms with E-state index >= 15 is 0 Å². The molecule has 0 saturated heterocycles. The smallest absolute Gasteiger partial charge is 0.269 e. The Morgan fingerprint density at radius 3 is 1.32 bits per heavy atom. The molecule has 19 heavy (non-hydrogen) atoms. The molecule has 0 unspecified atom stereocenters. The van der Waals surface area contributed by atoms with Gasteiger partial charge in [-0.15, -0.1) is 0 Å². The van der Waals surface area contributed by atoms with Gasteiger partial charge in [0.2, 0.25) is 0 Å². The highest BCUT2D eigenvalue weighted by atomic mass is 16.2. The zero-order valence-electron chi connectivity index (χ0n) is 9.74. The SMILES string of the molecule is C=CC(=O)n1c(=O)n(C(=O)C=C)n(C(=O)C=C)c1=O. The van der Waals surface area contributed by atoms with Gasteiger partial charge in [-0.05, 0) is 18.2 Å². The summed E-state index contributed by atoms with van der Waals surface area (Å²) < 4.78 is 0.497. The van der Waals surface area contributed by atoms with Crippen LogP contribution in [0.2, 0.25) is 0 Å². The fourth-order valence-corrected chi connectivity index (χ4v) is 1.28. The number of allylic oxidation sites excluding steroid dienone is 3. The molecule has 98 valence electrons. The van der Waals surface area contributed by atoms with Crippen molar-refractivity contribution in [2.75, 3.05) is 0 Å². The molecule has 0 aromatic carbocycles. The molecule has 0 N–H and O–H groups in total. The van der Waals surface area contributed by atoms with Crippen molar-refractivity contribution in [3.8, 4) is 0 Å². The molecule has 8 nitrogen and oxygen atoms in total. The molecular weight excluding hydrogens is 254 g/mol. The van der Waals surface area contributed by atoms with Gasteiger partial charge in [-0.25, -0.2) is 9.59 Å². The Hall–Kier alpha value is -3.03. The Bertz CT molecular complexity index is 677. The van der Waals surface area contributed by atoms with Crippen LogP contribution in [-0.4, -0.2) is 31.7 Å². The van der Waals surface area contributed by atoms with E-state index in [-0.39, 0.29) is 13.9 Å². The molecule has 0 spiro atoms. The van der Waals surface area contributed by atoms with E-state index < -0.39 is 29.1 Å². The van der Waals surface area contributed by atoms with E-state index in [2.05, 4.69) is 19.7 Å². The normalized spacial score (nSPS) is 9.68. The Kier molecular flexibility index (Phi) is 3.76. The molecule has 0 fully saturated rings. The van der Waals surface area contributed by atoms with Gasteiger partial charge in [-0.3, -0.25) is 14.4 Å². The molecular formula is C11H9N3O5. The fourth-order valence-electron chi connectivity index (χ4n) is 1.28. The van der Waals surface area contributed by atoms with Crippen LogP contribution in [0.25, 0.3) is 0 Å². The number of carbonyl (C=O) groups excluding carboxylic acids is 3. The van der Waals surface area contributed by atoms with Crippen molar-refractivity contribution in [2.24, 2.45) is 0 Å². The fraction of sp³-hybridized carbons (Fsp3) is 0. The predicted octanol–water partition coefficient (Wildman–Crippen LogP) is -0.710. The summed E-state index contributed by atoms with van der Waals surface area (Å²) in [5, 5.41) is 0. The molecule has 0 aliphatic heterocycles. The quantitative estimate of drug-likeness (QED) is 0.670. The second-order valence-electron chi connectivity index (χ2n) is 3.15. The first kappa shape index (κ1) is 14.0. The van der Waals surface area contributed by atoms with Crippen LogP contribution >= 0.6 is 0 Å². The lowest BCUT2D eigenvalue weighted by Gasteiger charge is -2.00. The minimum atomic E-state index is -1.28. The third kappa shape index (κ3) is 2.06. The molecule has 0 amide bonds. The summed E-state index contributed by atoms with van der Waals surface area (Å²) in [6.45, 7) is 9.38. The number of carbonyl (C=O) groups is 3. The van der Waals surface area contributed by atoms with Gasteiger partial charge in [-0.2, -0.15) is 13.9 Å². The van der Waals surface area contributed by atoms with Crippen LogP contribution in [0, 0.1) is 0 Å². The van der Waals surface area contributed by atoms with Crippen LogP contribution in [0.5, 0.6) is 0 Å². The molecule has 0 aliphatic rings. The van der Waals surface area contributed by atoms with E-state index in [0.717, 1.165) is 12.2 Å². The van der Waals surface area contributed by atoms with Crippen LogP contribution in [0.1, 0.15) is 14.4 Å². The Morgan fingerprint density at radius 1 is 0.737 bits per heavy atom. The molecule has 1 aromatic rings. The van der Waals surface area contributed by atoms with E-state index in [1.807, 2.05) is 0 Å². The monoisotopic (exact) mass is 263 g/mol. The first-order valence-corrected chi connectivity index (χ1v) is 4.88. The van der Waals surface area contributed by atoms with Crippen LogP contribution in [0.4, 0.5) is 0 Å². The molecule has 0 bridgehead atoms. The molecule has 1 rings (SSSR count). The van der Waals surface area contributed by atoms with Gasteiger partial charge in [0.15, 0.2) is 0 Å². The van der Waals surface area contributed by atoms with Crippen LogP contribution < -0.4 is 11.4 Å². The third-order valence-electron chi connectivity index (χ3n) is 2.11. The van der Waals surface area contributed by atoms with Crippen LogP contribution in [-0.2, 0) is 0 Å². The lowest BCUT2D eigenvalue weighted by Crippen LogP contribution is -2.34. The lowest BCUT2D eigenvalue weighted by molar-refractivity contribution is 0.0852. The molecule has 0 atom stereocenters. The third-order valence-corrected chi connectivity index (χ3v) is 2.11. The van der Waals surface area contributed by atoms with Crippen molar-refractivity contribution in [2.45, 2.75) is 0 Å². The first-order valence-electron chi connectivity index (χ1n) is 4.88. The predicted molar refractivity (Wildman–Crippen MR) is 65.4 cm³/mol.